The van der Waals surface area contributed by atoms with Crippen LogP contribution in [0.25, 0.3) is 0 Å². The Balaban J connectivity index is 0.00000144. The molecule has 0 bridgehead atoms. The molecule has 0 saturated carbocycles. The summed E-state index contributed by atoms with van der Waals surface area (Å²) in [6.07, 6.45) is 1.11. The zero-order valence-corrected chi connectivity index (χ0v) is 12.4. The average Bonchev–Trinajstić information content (AvgIpc) is 2.80. The van der Waals surface area contributed by atoms with E-state index in [9.17, 15) is 4.79 Å². The van der Waals surface area contributed by atoms with Gasteiger partial charge in [0.1, 0.15) is 0 Å². The van der Waals surface area contributed by atoms with Crippen molar-refractivity contribution < 1.29 is 9.53 Å². The van der Waals surface area contributed by atoms with Crippen molar-refractivity contribution in [3.63, 3.8) is 0 Å². The Labute approximate surface area is 121 Å². The van der Waals surface area contributed by atoms with E-state index >= 15 is 0 Å². The third-order valence-electron chi connectivity index (χ3n) is 3.41. The number of amides is 1. The van der Waals surface area contributed by atoms with Crippen LogP contribution in [0.3, 0.4) is 0 Å². The number of morpholine rings is 1. The summed E-state index contributed by atoms with van der Waals surface area (Å²) < 4.78 is 5.34. The van der Waals surface area contributed by atoms with Crippen LogP contribution >= 0.6 is 24.8 Å². The van der Waals surface area contributed by atoms with Gasteiger partial charge in [0.2, 0.25) is 5.91 Å². The van der Waals surface area contributed by atoms with E-state index in [1.54, 1.807) is 0 Å². The smallest absolute Gasteiger partial charge is 0.236 e. The summed E-state index contributed by atoms with van der Waals surface area (Å²) in [6.45, 7) is 5.94. The second-order valence-corrected chi connectivity index (χ2v) is 4.46. The van der Waals surface area contributed by atoms with Gasteiger partial charge in [-0.25, -0.2) is 0 Å². The molecule has 1 unspecified atom stereocenters. The highest BCUT2D eigenvalue weighted by atomic mass is 35.5. The van der Waals surface area contributed by atoms with Crippen LogP contribution in [0.2, 0.25) is 0 Å². The predicted molar refractivity (Wildman–Crippen MR) is 75.8 cm³/mol. The van der Waals surface area contributed by atoms with Crippen LogP contribution in [0.15, 0.2) is 0 Å². The number of likely N-dealkylation sites (tertiary alicyclic amines) is 1. The van der Waals surface area contributed by atoms with Crippen molar-refractivity contribution in [2.75, 3.05) is 53.0 Å². The van der Waals surface area contributed by atoms with Crippen LogP contribution in [-0.4, -0.2) is 74.7 Å². The van der Waals surface area contributed by atoms with Gasteiger partial charge in [-0.1, -0.05) is 0 Å². The third kappa shape index (κ3) is 4.55. The number of carbonyl (C=O) groups excluding carboxylic acids is 1. The summed E-state index contributed by atoms with van der Waals surface area (Å²) in [6, 6.07) is 0.546. The first-order valence-electron chi connectivity index (χ1n) is 6.05. The molecule has 7 heteroatoms. The molecule has 1 atom stereocenters. The molecular weight excluding hydrogens is 277 g/mol. The van der Waals surface area contributed by atoms with E-state index in [0.717, 1.165) is 45.8 Å². The molecule has 0 radical (unpaired) electrons. The number of hydrogen-bond acceptors (Lipinski definition) is 4. The highest BCUT2D eigenvalue weighted by Crippen LogP contribution is 2.16. The molecule has 0 aromatic rings. The van der Waals surface area contributed by atoms with Gasteiger partial charge in [0.15, 0.2) is 0 Å². The quantitative estimate of drug-likeness (QED) is 0.796. The molecule has 2 aliphatic heterocycles. The molecule has 2 fully saturated rings. The lowest BCUT2D eigenvalue weighted by Crippen LogP contribution is -2.45. The average molecular weight is 300 g/mol. The molecule has 2 saturated heterocycles. The van der Waals surface area contributed by atoms with E-state index in [-0.39, 0.29) is 30.7 Å². The maximum Gasteiger partial charge on any atom is 0.236 e. The maximum atomic E-state index is 11.7. The van der Waals surface area contributed by atoms with Gasteiger partial charge < -0.3 is 15.0 Å². The molecule has 1 N–H and O–H groups in total. The fraction of sp³-hybridized carbons (Fsp3) is 0.909. The molecule has 0 aromatic carbocycles. The van der Waals surface area contributed by atoms with E-state index in [1.165, 1.54) is 0 Å². The molecular formula is C11H23Cl2N3O2. The van der Waals surface area contributed by atoms with E-state index in [2.05, 4.69) is 10.2 Å². The highest BCUT2D eigenvalue weighted by molar-refractivity contribution is 5.85. The summed E-state index contributed by atoms with van der Waals surface area (Å²) in [7, 11) is 1.81. The van der Waals surface area contributed by atoms with E-state index < -0.39 is 0 Å². The van der Waals surface area contributed by atoms with Crippen molar-refractivity contribution in [3.8, 4) is 0 Å². The molecule has 0 spiro atoms. The zero-order chi connectivity index (χ0) is 11.4. The minimum atomic E-state index is 0. The largest absolute Gasteiger partial charge is 0.379 e. The summed E-state index contributed by atoms with van der Waals surface area (Å²) in [4.78, 5) is 16.1. The summed E-state index contributed by atoms with van der Waals surface area (Å²) in [5.74, 6) is 0.221. The molecule has 2 aliphatic rings. The first-order chi connectivity index (χ1) is 7.81. The number of hydrogen-bond donors (Lipinski definition) is 1. The Morgan fingerprint density at radius 1 is 1.28 bits per heavy atom. The minimum Gasteiger partial charge on any atom is -0.379 e. The van der Waals surface area contributed by atoms with Crippen LogP contribution in [-0.2, 0) is 9.53 Å². The van der Waals surface area contributed by atoms with Gasteiger partial charge in [-0.15, -0.1) is 24.8 Å². The summed E-state index contributed by atoms with van der Waals surface area (Å²) >= 11 is 0. The fourth-order valence-electron chi connectivity index (χ4n) is 2.47. The molecule has 1 amide bonds. The Morgan fingerprint density at radius 3 is 2.56 bits per heavy atom. The Kier molecular flexibility index (Phi) is 8.90. The Hall–Kier alpha value is -0.0700. The van der Waals surface area contributed by atoms with Gasteiger partial charge in [-0.2, -0.15) is 0 Å². The molecule has 0 aromatic heterocycles. The first-order valence-corrected chi connectivity index (χ1v) is 6.05. The number of nitrogens with one attached hydrogen (secondary N) is 1. The van der Waals surface area contributed by atoms with Gasteiger partial charge >= 0.3 is 0 Å². The number of carbonyl (C=O) groups is 1. The number of rotatable bonds is 3. The highest BCUT2D eigenvalue weighted by Gasteiger charge is 2.30. The van der Waals surface area contributed by atoms with Crippen LogP contribution in [0.4, 0.5) is 0 Å². The lowest BCUT2D eigenvalue weighted by molar-refractivity contribution is -0.129. The molecule has 0 aliphatic carbocycles. The number of likely N-dealkylation sites (N-methyl/N-ethyl adjacent to an activating group) is 1. The van der Waals surface area contributed by atoms with Crippen molar-refractivity contribution in [1.82, 2.24) is 15.1 Å². The lowest BCUT2D eigenvalue weighted by Gasteiger charge is -2.32. The van der Waals surface area contributed by atoms with Gasteiger partial charge in [0, 0.05) is 32.2 Å². The van der Waals surface area contributed by atoms with Crippen LogP contribution in [0.1, 0.15) is 6.42 Å². The second kappa shape index (κ2) is 8.93. The second-order valence-electron chi connectivity index (χ2n) is 4.46. The Morgan fingerprint density at radius 2 is 1.94 bits per heavy atom. The SMILES string of the molecule is CNCC(=O)N1CCC(N2CCOCC2)C1.Cl.Cl. The normalized spacial score (nSPS) is 24.3. The van der Waals surface area contributed by atoms with Crippen LogP contribution in [0, 0.1) is 0 Å². The van der Waals surface area contributed by atoms with Gasteiger partial charge in [-0.05, 0) is 13.5 Å². The van der Waals surface area contributed by atoms with Gasteiger partial charge in [0.25, 0.3) is 0 Å². The minimum absolute atomic E-state index is 0. The summed E-state index contributed by atoms with van der Waals surface area (Å²) in [5.41, 5.74) is 0. The number of ether oxygens (including phenoxy) is 1. The van der Waals surface area contributed by atoms with Crippen molar-refractivity contribution >= 4 is 30.7 Å². The van der Waals surface area contributed by atoms with E-state index in [0.29, 0.717) is 12.6 Å². The van der Waals surface area contributed by atoms with E-state index in [1.807, 2.05) is 11.9 Å². The molecule has 5 nitrogen and oxygen atoms in total. The maximum absolute atomic E-state index is 11.7. The van der Waals surface area contributed by atoms with Crippen molar-refractivity contribution in [3.05, 3.63) is 0 Å². The molecule has 2 heterocycles. The van der Waals surface area contributed by atoms with E-state index in [4.69, 9.17) is 4.74 Å². The number of halogens is 2. The summed E-state index contributed by atoms with van der Waals surface area (Å²) in [5, 5.41) is 2.91. The first kappa shape index (κ1) is 17.9. The van der Waals surface area contributed by atoms with Crippen molar-refractivity contribution in [2.24, 2.45) is 0 Å². The third-order valence-corrected chi connectivity index (χ3v) is 3.41. The topological polar surface area (TPSA) is 44.8 Å². The van der Waals surface area contributed by atoms with Crippen LogP contribution in [0.5, 0.6) is 0 Å². The van der Waals surface area contributed by atoms with Crippen LogP contribution < -0.4 is 5.32 Å². The molecule has 2 rings (SSSR count). The van der Waals surface area contributed by atoms with Gasteiger partial charge in [0.05, 0.1) is 19.8 Å². The fourth-order valence-corrected chi connectivity index (χ4v) is 2.47. The van der Waals surface area contributed by atoms with Crippen molar-refractivity contribution in [2.45, 2.75) is 12.5 Å². The monoisotopic (exact) mass is 299 g/mol. The Bertz CT molecular complexity index is 250. The number of nitrogens with zero attached hydrogens (tertiary/aromatic N) is 2. The molecule has 108 valence electrons. The predicted octanol–water partition coefficient (Wildman–Crippen LogP) is -0.0175. The van der Waals surface area contributed by atoms with Crippen molar-refractivity contribution in [1.29, 1.82) is 0 Å². The van der Waals surface area contributed by atoms with Gasteiger partial charge in [-0.3, -0.25) is 9.69 Å². The molecule has 18 heavy (non-hydrogen) atoms. The zero-order valence-electron chi connectivity index (χ0n) is 10.8. The lowest BCUT2D eigenvalue weighted by atomic mass is 10.2. The standard InChI is InChI=1S/C11H21N3O2.2ClH/c1-12-8-11(15)14-3-2-10(9-14)13-4-6-16-7-5-13;;/h10,12H,2-9H2,1H3;2*1H.